The number of nitrogens with one attached hydrogen (secondary N) is 1. The van der Waals surface area contributed by atoms with Gasteiger partial charge in [-0.25, -0.2) is 9.97 Å². The van der Waals surface area contributed by atoms with Crippen LogP contribution in [0.4, 0.5) is 0 Å². The molecular formula is C15H15ClN4O. The largest absolute Gasteiger partial charge is 0.355 e. The number of para-hydroxylation sites is 2. The Balaban J connectivity index is 2.31. The zero-order valence-electron chi connectivity index (χ0n) is 11.6. The molecule has 0 aliphatic rings. The average Bonchev–Trinajstić information content (AvgIpc) is 2.49. The van der Waals surface area contributed by atoms with Crippen molar-refractivity contribution in [2.75, 3.05) is 6.54 Å². The highest BCUT2D eigenvalue weighted by atomic mass is 35.5. The molecule has 108 valence electrons. The van der Waals surface area contributed by atoms with Crippen molar-refractivity contribution in [1.29, 1.82) is 5.26 Å². The van der Waals surface area contributed by atoms with Crippen LogP contribution in [0.2, 0.25) is 5.15 Å². The van der Waals surface area contributed by atoms with E-state index >= 15 is 0 Å². The first-order chi connectivity index (χ1) is 10.2. The molecule has 21 heavy (non-hydrogen) atoms. The molecular weight excluding hydrogens is 288 g/mol. The number of hydrogen-bond acceptors (Lipinski definition) is 4. The summed E-state index contributed by atoms with van der Waals surface area (Å²) in [6.07, 6.45) is 1.83. The molecule has 0 radical (unpaired) electrons. The fourth-order valence-electron chi connectivity index (χ4n) is 1.91. The summed E-state index contributed by atoms with van der Waals surface area (Å²) in [6, 6.07) is 9.14. The molecule has 1 heterocycles. The molecule has 2 rings (SSSR count). The predicted molar refractivity (Wildman–Crippen MR) is 80.8 cm³/mol. The van der Waals surface area contributed by atoms with E-state index < -0.39 is 11.8 Å². The lowest BCUT2D eigenvalue weighted by molar-refractivity contribution is -0.121. The van der Waals surface area contributed by atoms with Crippen LogP contribution >= 0.6 is 11.6 Å². The monoisotopic (exact) mass is 302 g/mol. The van der Waals surface area contributed by atoms with E-state index in [4.69, 9.17) is 11.6 Å². The van der Waals surface area contributed by atoms with E-state index in [2.05, 4.69) is 15.3 Å². The zero-order valence-corrected chi connectivity index (χ0v) is 12.4. The van der Waals surface area contributed by atoms with Crippen LogP contribution in [0.1, 0.15) is 31.4 Å². The van der Waals surface area contributed by atoms with Crippen LogP contribution in [0.5, 0.6) is 0 Å². The summed E-state index contributed by atoms with van der Waals surface area (Å²) in [4.78, 5) is 20.6. The van der Waals surface area contributed by atoms with Crippen LogP contribution in [-0.4, -0.2) is 22.4 Å². The number of amides is 1. The lowest BCUT2D eigenvalue weighted by atomic mass is 10.1. The van der Waals surface area contributed by atoms with Gasteiger partial charge in [-0.05, 0) is 18.6 Å². The van der Waals surface area contributed by atoms with Crippen molar-refractivity contribution in [3.8, 4) is 6.07 Å². The molecule has 0 aliphatic carbocycles. The summed E-state index contributed by atoms with van der Waals surface area (Å²) >= 11 is 6.08. The molecule has 5 nitrogen and oxygen atoms in total. The topological polar surface area (TPSA) is 78.7 Å². The minimum Gasteiger partial charge on any atom is -0.355 e. The molecule has 0 spiro atoms. The standard InChI is InChI=1S/C15H15ClN4O/c1-2-3-8-18-15(21)10(9-17)13-14(16)20-12-7-5-4-6-11(12)19-13/h4-7,10H,2-3,8H2,1H3,(H,18,21). The van der Waals surface area contributed by atoms with E-state index in [1.54, 1.807) is 12.1 Å². The van der Waals surface area contributed by atoms with E-state index in [-0.39, 0.29) is 10.8 Å². The first kappa shape index (κ1) is 15.2. The number of carbonyl (C=O) groups excluding carboxylic acids is 1. The van der Waals surface area contributed by atoms with E-state index in [0.717, 1.165) is 12.8 Å². The Bertz CT molecular complexity index is 696. The number of fused-ring (bicyclic) bond motifs is 1. The van der Waals surface area contributed by atoms with Crippen LogP contribution in [0.3, 0.4) is 0 Å². The molecule has 1 N–H and O–H groups in total. The van der Waals surface area contributed by atoms with Crippen LogP contribution in [0.15, 0.2) is 24.3 Å². The molecule has 1 aromatic heterocycles. The van der Waals surface area contributed by atoms with Gasteiger partial charge in [0.15, 0.2) is 11.1 Å². The van der Waals surface area contributed by atoms with Gasteiger partial charge in [-0.1, -0.05) is 37.1 Å². The molecule has 6 heteroatoms. The van der Waals surface area contributed by atoms with Crippen molar-refractivity contribution in [1.82, 2.24) is 15.3 Å². The SMILES string of the molecule is CCCCNC(=O)C(C#N)c1nc2ccccc2nc1Cl. The molecule has 0 saturated carbocycles. The van der Waals surface area contributed by atoms with Gasteiger partial charge in [-0.3, -0.25) is 4.79 Å². The highest BCUT2D eigenvalue weighted by Crippen LogP contribution is 2.23. The van der Waals surface area contributed by atoms with E-state index in [1.807, 2.05) is 25.1 Å². The quantitative estimate of drug-likeness (QED) is 0.861. The minimum atomic E-state index is -1.05. The Hall–Kier alpha value is -2.19. The Morgan fingerprint density at radius 2 is 2.05 bits per heavy atom. The fraction of sp³-hybridized carbons (Fsp3) is 0.333. The van der Waals surface area contributed by atoms with Gasteiger partial charge in [0.25, 0.3) is 0 Å². The third-order valence-electron chi connectivity index (χ3n) is 3.05. The number of aromatic nitrogens is 2. The van der Waals surface area contributed by atoms with Gasteiger partial charge in [-0.15, -0.1) is 0 Å². The van der Waals surface area contributed by atoms with Gasteiger partial charge in [-0.2, -0.15) is 5.26 Å². The van der Waals surface area contributed by atoms with Gasteiger partial charge in [0, 0.05) is 6.54 Å². The number of nitrogens with zero attached hydrogens (tertiary/aromatic N) is 3. The van der Waals surface area contributed by atoms with Crippen LogP contribution in [-0.2, 0) is 4.79 Å². The molecule has 2 aromatic rings. The molecule has 1 amide bonds. The lowest BCUT2D eigenvalue weighted by Crippen LogP contribution is -2.30. The average molecular weight is 303 g/mol. The highest BCUT2D eigenvalue weighted by Gasteiger charge is 2.25. The molecule has 0 fully saturated rings. The van der Waals surface area contributed by atoms with Gasteiger partial charge in [0.1, 0.15) is 5.69 Å². The summed E-state index contributed by atoms with van der Waals surface area (Å²) in [6.45, 7) is 2.56. The maximum atomic E-state index is 12.1. The third kappa shape index (κ3) is 3.47. The zero-order chi connectivity index (χ0) is 15.2. The summed E-state index contributed by atoms with van der Waals surface area (Å²) in [5.74, 6) is -1.44. The first-order valence-corrected chi connectivity index (χ1v) is 7.14. The molecule has 1 atom stereocenters. The summed E-state index contributed by atoms with van der Waals surface area (Å²) in [5.41, 5.74) is 1.44. The smallest absolute Gasteiger partial charge is 0.243 e. The van der Waals surface area contributed by atoms with Crippen molar-refractivity contribution >= 4 is 28.5 Å². The number of carbonyl (C=O) groups is 1. The number of nitriles is 1. The van der Waals surface area contributed by atoms with E-state index in [9.17, 15) is 10.1 Å². The second-order valence-electron chi connectivity index (χ2n) is 4.60. The highest BCUT2D eigenvalue weighted by molar-refractivity contribution is 6.30. The fourth-order valence-corrected chi connectivity index (χ4v) is 2.15. The summed E-state index contributed by atoms with van der Waals surface area (Å²) in [5, 5.41) is 12.1. The number of benzene rings is 1. The number of hydrogen-bond donors (Lipinski definition) is 1. The lowest BCUT2D eigenvalue weighted by Gasteiger charge is -2.11. The molecule has 0 aliphatic heterocycles. The van der Waals surface area contributed by atoms with Gasteiger partial charge < -0.3 is 5.32 Å². The Morgan fingerprint density at radius 1 is 1.38 bits per heavy atom. The molecule has 0 saturated heterocycles. The normalized spacial score (nSPS) is 11.9. The van der Waals surface area contributed by atoms with E-state index in [0.29, 0.717) is 17.6 Å². The first-order valence-electron chi connectivity index (χ1n) is 6.77. The van der Waals surface area contributed by atoms with Gasteiger partial charge in [0.2, 0.25) is 5.91 Å². The van der Waals surface area contributed by atoms with Crippen LogP contribution in [0.25, 0.3) is 11.0 Å². The van der Waals surface area contributed by atoms with Crippen molar-refractivity contribution < 1.29 is 4.79 Å². The number of unbranched alkanes of at least 4 members (excludes halogenated alkanes) is 1. The maximum absolute atomic E-state index is 12.1. The summed E-state index contributed by atoms with van der Waals surface area (Å²) < 4.78 is 0. The van der Waals surface area contributed by atoms with Crippen molar-refractivity contribution in [2.45, 2.75) is 25.7 Å². The Morgan fingerprint density at radius 3 is 2.67 bits per heavy atom. The summed E-state index contributed by atoms with van der Waals surface area (Å²) in [7, 11) is 0. The van der Waals surface area contributed by atoms with Crippen molar-refractivity contribution in [2.24, 2.45) is 0 Å². The van der Waals surface area contributed by atoms with Crippen molar-refractivity contribution in [3.05, 3.63) is 35.1 Å². The molecule has 0 bridgehead atoms. The van der Waals surface area contributed by atoms with Crippen molar-refractivity contribution in [3.63, 3.8) is 0 Å². The van der Waals surface area contributed by atoms with Crippen LogP contribution in [0, 0.1) is 11.3 Å². The number of rotatable bonds is 5. The Kier molecular flexibility index (Phi) is 5.07. The second-order valence-corrected chi connectivity index (χ2v) is 4.95. The third-order valence-corrected chi connectivity index (χ3v) is 3.33. The molecule has 1 unspecified atom stereocenters. The second kappa shape index (κ2) is 7.00. The maximum Gasteiger partial charge on any atom is 0.243 e. The van der Waals surface area contributed by atoms with Crippen LogP contribution < -0.4 is 5.32 Å². The minimum absolute atomic E-state index is 0.0888. The van der Waals surface area contributed by atoms with Gasteiger partial charge >= 0.3 is 0 Å². The molecule has 1 aromatic carbocycles. The van der Waals surface area contributed by atoms with Gasteiger partial charge in [0.05, 0.1) is 17.1 Å². The number of halogens is 1. The predicted octanol–water partition coefficient (Wildman–Crippen LogP) is 2.81. The van der Waals surface area contributed by atoms with E-state index in [1.165, 1.54) is 0 Å². The Labute approximate surface area is 128 Å².